The maximum Gasteiger partial charge on any atom is 0.123 e. The minimum Gasteiger partial charge on any atom is -0.496 e. The molecular formula is C16H27NO. The number of rotatable bonds is 8. The predicted molar refractivity (Wildman–Crippen MR) is 78.3 cm³/mol. The van der Waals surface area contributed by atoms with E-state index < -0.39 is 0 Å². The molecule has 1 N–H and O–H groups in total. The number of nitrogens with one attached hydrogen (secondary N) is 1. The highest BCUT2D eigenvalue weighted by molar-refractivity contribution is 5.39. The fraction of sp³-hybridized carbons (Fsp3) is 0.625. The van der Waals surface area contributed by atoms with Crippen molar-refractivity contribution in [3.8, 4) is 5.75 Å². The molecule has 1 aromatic rings. The summed E-state index contributed by atoms with van der Waals surface area (Å²) in [6.07, 6.45) is 6.40. The Morgan fingerprint density at radius 2 is 2.00 bits per heavy atom. The maximum absolute atomic E-state index is 5.47. The molecular weight excluding hydrogens is 222 g/mol. The Labute approximate surface area is 112 Å². The first-order valence-corrected chi connectivity index (χ1v) is 7.04. The number of unbranched alkanes of at least 4 members (excludes halogenated alkanes) is 3. The van der Waals surface area contributed by atoms with Gasteiger partial charge in [0.1, 0.15) is 5.75 Å². The number of methoxy groups -OCH3 is 1. The van der Waals surface area contributed by atoms with Gasteiger partial charge in [-0.3, -0.25) is 0 Å². The van der Waals surface area contributed by atoms with Crippen LogP contribution in [-0.4, -0.2) is 14.2 Å². The Morgan fingerprint density at radius 3 is 2.61 bits per heavy atom. The molecule has 1 rings (SSSR count). The second-order valence-electron chi connectivity index (χ2n) is 4.94. The molecule has 0 fully saturated rings. The topological polar surface area (TPSA) is 21.3 Å². The van der Waals surface area contributed by atoms with Crippen LogP contribution in [-0.2, 0) is 0 Å². The molecule has 2 nitrogen and oxygen atoms in total. The van der Waals surface area contributed by atoms with E-state index in [1.54, 1.807) is 7.11 Å². The van der Waals surface area contributed by atoms with Gasteiger partial charge in [-0.25, -0.2) is 0 Å². The standard InChI is InChI=1S/C16H27NO/c1-5-6-7-8-9-15(17-3)14-12-13(2)10-11-16(14)18-4/h10-12,15,17H,5-9H2,1-4H3. The van der Waals surface area contributed by atoms with E-state index in [0.717, 1.165) is 5.75 Å². The monoisotopic (exact) mass is 249 g/mol. The van der Waals surface area contributed by atoms with Gasteiger partial charge in [0.15, 0.2) is 0 Å². The highest BCUT2D eigenvalue weighted by Crippen LogP contribution is 2.29. The molecule has 0 aliphatic carbocycles. The molecule has 1 unspecified atom stereocenters. The van der Waals surface area contributed by atoms with E-state index in [4.69, 9.17) is 4.74 Å². The summed E-state index contributed by atoms with van der Waals surface area (Å²) in [5.41, 5.74) is 2.58. The van der Waals surface area contributed by atoms with E-state index in [1.165, 1.54) is 43.2 Å². The third-order valence-corrected chi connectivity index (χ3v) is 3.46. The molecule has 0 aromatic heterocycles. The summed E-state index contributed by atoms with van der Waals surface area (Å²) in [4.78, 5) is 0. The normalized spacial score (nSPS) is 12.4. The van der Waals surface area contributed by atoms with Crippen LogP contribution in [0.4, 0.5) is 0 Å². The second-order valence-corrected chi connectivity index (χ2v) is 4.94. The van der Waals surface area contributed by atoms with Gasteiger partial charge in [-0.05, 0) is 26.5 Å². The molecule has 1 aromatic carbocycles. The molecule has 1 atom stereocenters. The zero-order chi connectivity index (χ0) is 13.4. The Balaban J connectivity index is 2.71. The summed E-state index contributed by atoms with van der Waals surface area (Å²) in [6, 6.07) is 6.81. The fourth-order valence-electron chi connectivity index (χ4n) is 2.36. The van der Waals surface area contributed by atoms with Gasteiger partial charge in [0.2, 0.25) is 0 Å². The van der Waals surface area contributed by atoms with Crippen LogP contribution in [0.25, 0.3) is 0 Å². The third-order valence-electron chi connectivity index (χ3n) is 3.46. The Morgan fingerprint density at radius 1 is 1.22 bits per heavy atom. The van der Waals surface area contributed by atoms with Gasteiger partial charge in [-0.15, -0.1) is 0 Å². The van der Waals surface area contributed by atoms with Crippen molar-refractivity contribution >= 4 is 0 Å². The number of aryl methyl sites for hydroxylation is 1. The maximum atomic E-state index is 5.47. The van der Waals surface area contributed by atoms with Crippen molar-refractivity contribution in [3.05, 3.63) is 29.3 Å². The van der Waals surface area contributed by atoms with Crippen molar-refractivity contribution in [1.82, 2.24) is 5.32 Å². The van der Waals surface area contributed by atoms with Crippen LogP contribution in [0.15, 0.2) is 18.2 Å². The average molecular weight is 249 g/mol. The average Bonchev–Trinajstić information content (AvgIpc) is 2.39. The predicted octanol–water partition coefficient (Wildman–Crippen LogP) is 4.23. The van der Waals surface area contributed by atoms with Crippen LogP contribution in [0.1, 0.15) is 56.2 Å². The lowest BCUT2D eigenvalue weighted by molar-refractivity contribution is 0.396. The van der Waals surface area contributed by atoms with E-state index in [1.807, 2.05) is 7.05 Å². The van der Waals surface area contributed by atoms with Gasteiger partial charge in [0, 0.05) is 11.6 Å². The second kappa shape index (κ2) is 8.15. The molecule has 0 saturated heterocycles. The lowest BCUT2D eigenvalue weighted by Gasteiger charge is -2.20. The zero-order valence-electron chi connectivity index (χ0n) is 12.3. The smallest absolute Gasteiger partial charge is 0.123 e. The highest BCUT2D eigenvalue weighted by atomic mass is 16.5. The first-order chi connectivity index (χ1) is 8.72. The van der Waals surface area contributed by atoms with Crippen molar-refractivity contribution in [2.24, 2.45) is 0 Å². The van der Waals surface area contributed by atoms with Crippen molar-refractivity contribution in [2.75, 3.05) is 14.2 Å². The first-order valence-electron chi connectivity index (χ1n) is 7.04. The highest BCUT2D eigenvalue weighted by Gasteiger charge is 2.14. The van der Waals surface area contributed by atoms with Gasteiger partial charge >= 0.3 is 0 Å². The molecule has 0 radical (unpaired) electrons. The van der Waals surface area contributed by atoms with Crippen molar-refractivity contribution in [2.45, 2.75) is 52.0 Å². The molecule has 0 amide bonds. The largest absolute Gasteiger partial charge is 0.496 e. The molecule has 102 valence electrons. The lowest BCUT2D eigenvalue weighted by atomic mass is 9.98. The number of benzene rings is 1. The van der Waals surface area contributed by atoms with Gasteiger partial charge in [0.05, 0.1) is 7.11 Å². The molecule has 0 bridgehead atoms. The third kappa shape index (κ3) is 4.34. The first kappa shape index (κ1) is 15.0. The van der Waals surface area contributed by atoms with Crippen LogP contribution < -0.4 is 10.1 Å². The summed E-state index contributed by atoms with van der Waals surface area (Å²) in [5.74, 6) is 0.996. The van der Waals surface area contributed by atoms with E-state index in [0.29, 0.717) is 6.04 Å². The SMILES string of the molecule is CCCCCCC(NC)c1cc(C)ccc1OC. The Kier molecular flexibility index (Phi) is 6.81. The van der Waals surface area contributed by atoms with E-state index in [2.05, 4.69) is 37.4 Å². The summed E-state index contributed by atoms with van der Waals surface area (Å²) >= 11 is 0. The minimum atomic E-state index is 0.400. The number of ether oxygens (including phenoxy) is 1. The molecule has 0 aliphatic heterocycles. The fourth-order valence-corrected chi connectivity index (χ4v) is 2.36. The molecule has 18 heavy (non-hydrogen) atoms. The molecule has 0 saturated carbocycles. The van der Waals surface area contributed by atoms with Crippen LogP contribution in [0, 0.1) is 6.92 Å². The van der Waals surface area contributed by atoms with Crippen LogP contribution >= 0.6 is 0 Å². The van der Waals surface area contributed by atoms with Gasteiger partial charge in [-0.2, -0.15) is 0 Å². The molecule has 0 spiro atoms. The summed E-state index contributed by atoms with van der Waals surface area (Å²) in [6.45, 7) is 4.38. The summed E-state index contributed by atoms with van der Waals surface area (Å²) in [7, 11) is 3.78. The van der Waals surface area contributed by atoms with E-state index in [-0.39, 0.29) is 0 Å². The zero-order valence-corrected chi connectivity index (χ0v) is 12.3. The van der Waals surface area contributed by atoms with Gasteiger partial charge in [0.25, 0.3) is 0 Å². The number of hydrogen-bond acceptors (Lipinski definition) is 2. The Bertz CT molecular complexity index is 349. The van der Waals surface area contributed by atoms with E-state index >= 15 is 0 Å². The summed E-state index contributed by atoms with van der Waals surface area (Å²) < 4.78 is 5.47. The molecule has 2 heteroatoms. The van der Waals surface area contributed by atoms with Crippen LogP contribution in [0.5, 0.6) is 5.75 Å². The quantitative estimate of drug-likeness (QED) is 0.696. The van der Waals surface area contributed by atoms with Gasteiger partial charge in [-0.1, -0.05) is 50.3 Å². The Hall–Kier alpha value is -1.02. The van der Waals surface area contributed by atoms with E-state index in [9.17, 15) is 0 Å². The van der Waals surface area contributed by atoms with Crippen LogP contribution in [0.3, 0.4) is 0 Å². The summed E-state index contributed by atoms with van der Waals surface area (Å²) in [5, 5.41) is 3.42. The molecule has 0 heterocycles. The minimum absolute atomic E-state index is 0.400. The van der Waals surface area contributed by atoms with Crippen molar-refractivity contribution in [1.29, 1.82) is 0 Å². The number of hydrogen-bond donors (Lipinski definition) is 1. The van der Waals surface area contributed by atoms with Gasteiger partial charge < -0.3 is 10.1 Å². The molecule has 0 aliphatic rings. The van der Waals surface area contributed by atoms with Crippen LogP contribution in [0.2, 0.25) is 0 Å². The van der Waals surface area contributed by atoms with Crippen molar-refractivity contribution < 1.29 is 4.74 Å². The lowest BCUT2D eigenvalue weighted by Crippen LogP contribution is -2.17. The van der Waals surface area contributed by atoms with Crippen molar-refractivity contribution in [3.63, 3.8) is 0 Å².